The standard InChI is InChI=1S/C11H11NO5/c1-6(13)12-10(11(16)17)4-7-2-8(14)5-9(15)3-7/h2-5,14-15H,1H3,(H,12,13)(H,16,17)/b10-4-. The minimum Gasteiger partial charge on any atom is -0.508 e. The summed E-state index contributed by atoms with van der Waals surface area (Å²) in [7, 11) is 0. The van der Waals surface area contributed by atoms with E-state index in [1.807, 2.05) is 0 Å². The van der Waals surface area contributed by atoms with E-state index in [2.05, 4.69) is 5.32 Å². The molecule has 6 nitrogen and oxygen atoms in total. The highest BCUT2D eigenvalue weighted by atomic mass is 16.4. The molecule has 0 bridgehead atoms. The largest absolute Gasteiger partial charge is 0.508 e. The topological polar surface area (TPSA) is 107 Å². The highest BCUT2D eigenvalue weighted by molar-refractivity contribution is 5.96. The van der Waals surface area contributed by atoms with E-state index in [-0.39, 0.29) is 22.8 Å². The number of nitrogens with one attached hydrogen (secondary N) is 1. The Hall–Kier alpha value is -2.50. The van der Waals surface area contributed by atoms with Gasteiger partial charge in [0, 0.05) is 13.0 Å². The van der Waals surface area contributed by atoms with E-state index >= 15 is 0 Å². The summed E-state index contributed by atoms with van der Waals surface area (Å²) in [4.78, 5) is 21.6. The molecule has 0 aliphatic heterocycles. The lowest BCUT2D eigenvalue weighted by Gasteiger charge is -2.03. The van der Waals surface area contributed by atoms with Crippen LogP contribution < -0.4 is 5.32 Å². The first-order chi connectivity index (χ1) is 7.88. The smallest absolute Gasteiger partial charge is 0.352 e. The number of aromatic hydroxyl groups is 2. The SMILES string of the molecule is CC(=O)N/C(=C\c1cc(O)cc(O)c1)C(=O)O. The zero-order valence-electron chi connectivity index (χ0n) is 8.97. The molecule has 0 spiro atoms. The lowest BCUT2D eigenvalue weighted by molar-refractivity contribution is -0.134. The number of carboxylic acids is 1. The molecule has 90 valence electrons. The van der Waals surface area contributed by atoms with Gasteiger partial charge in [0.25, 0.3) is 0 Å². The van der Waals surface area contributed by atoms with Crippen molar-refractivity contribution in [3.8, 4) is 11.5 Å². The number of aliphatic carboxylic acids is 1. The minimum atomic E-state index is -1.32. The summed E-state index contributed by atoms with van der Waals surface area (Å²) in [6, 6.07) is 3.62. The molecule has 1 aromatic rings. The van der Waals surface area contributed by atoms with Gasteiger partial charge in [0.15, 0.2) is 0 Å². The fourth-order valence-electron chi connectivity index (χ4n) is 1.21. The van der Waals surface area contributed by atoms with Crippen molar-refractivity contribution in [3.05, 3.63) is 29.5 Å². The highest BCUT2D eigenvalue weighted by Crippen LogP contribution is 2.21. The number of hydrogen-bond donors (Lipinski definition) is 4. The normalized spacial score (nSPS) is 11.0. The van der Waals surface area contributed by atoms with Crippen LogP contribution in [0.5, 0.6) is 11.5 Å². The summed E-state index contributed by atoms with van der Waals surface area (Å²) in [6.07, 6.45) is 1.13. The molecule has 4 N–H and O–H groups in total. The molecule has 1 rings (SSSR count). The maximum atomic E-state index is 10.8. The average molecular weight is 237 g/mol. The van der Waals surface area contributed by atoms with Crippen molar-refractivity contribution in [2.45, 2.75) is 6.92 Å². The van der Waals surface area contributed by atoms with Crippen LogP contribution in [0, 0.1) is 0 Å². The Kier molecular flexibility index (Phi) is 3.71. The van der Waals surface area contributed by atoms with Crippen LogP contribution in [0.2, 0.25) is 0 Å². The summed E-state index contributed by atoms with van der Waals surface area (Å²) in [5.74, 6) is -2.25. The fraction of sp³-hybridized carbons (Fsp3) is 0.0909. The first kappa shape index (κ1) is 12.6. The van der Waals surface area contributed by atoms with E-state index in [1.165, 1.54) is 19.1 Å². The molecule has 0 radical (unpaired) electrons. The molecule has 0 aliphatic carbocycles. The first-order valence-corrected chi connectivity index (χ1v) is 4.64. The fourth-order valence-corrected chi connectivity index (χ4v) is 1.21. The Bertz CT molecular complexity index is 472. The van der Waals surface area contributed by atoms with Gasteiger partial charge in [-0.2, -0.15) is 0 Å². The number of rotatable bonds is 3. The lowest BCUT2D eigenvalue weighted by atomic mass is 10.1. The van der Waals surface area contributed by atoms with Gasteiger partial charge < -0.3 is 20.6 Å². The molecule has 0 unspecified atom stereocenters. The number of carbonyl (C=O) groups is 2. The van der Waals surface area contributed by atoms with Gasteiger partial charge in [-0.25, -0.2) is 4.79 Å². The van der Waals surface area contributed by atoms with E-state index in [0.717, 1.165) is 12.1 Å². The van der Waals surface area contributed by atoms with Crippen molar-refractivity contribution in [3.63, 3.8) is 0 Å². The molecular weight excluding hydrogens is 226 g/mol. The van der Waals surface area contributed by atoms with Gasteiger partial charge in [0.2, 0.25) is 5.91 Å². The molecule has 0 aliphatic rings. The van der Waals surface area contributed by atoms with Crippen LogP contribution in [-0.2, 0) is 9.59 Å². The Balaban J connectivity index is 3.12. The van der Waals surface area contributed by atoms with Gasteiger partial charge in [-0.05, 0) is 23.8 Å². The number of benzene rings is 1. The van der Waals surface area contributed by atoms with E-state index in [0.29, 0.717) is 0 Å². The zero-order valence-corrected chi connectivity index (χ0v) is 8.97. The van der Waals surface area contributed by atoms with Gasteiger partial charge in [0.1, 0.15) is 17.2 Å². The number of carbonyl (C=O) groups excluding carboxylic acids is 1. The summed E-state index contributed by atoms with van der Waals surface area (Å²) in [6.45, 7) is 1.18. The third kappa shape index (κ3) is 3.86. The van der Waals surface area contributed by atoms with Crippen LogP contribution in [0.4, 0.5) is 0 Å². The molecule has 0 heterocycles. The number of hydrogen-bond acceptors (Lipinski definition) is 4. The van der Waals surface area contributed by atoms with E-state index in [4.69, 9.17) is 5.11 Å². The van der Waals surface area contributed by atoms with Crippen molar-refractivity contribution >= 4 is 18.0 Å². The monoisotopic (exact) mass is 237 g/mol. The molecule has 17 heavy (non-hydrogen) atoms. The van der Waals surface area contributed by atoms with Crippen molar-refractivity contribution in [1.29, 1.82) is 0 Å². The van der Waals surface area contributed by atoms with Crippen LogP contribution in [0.15, 0.2) is 23.9 Å². The first-order valence-electron chi connectivity index (χ1n) is 4.64. The van der Waals surface area contributed by atoms with Gasteiger partial charge >= 0.3 is 5.97 Å². The second kappa shape index (κ2) is 5.02. The quantitative estimate of drug-likeness (QED) is 0.578. The number of carboxylic acid groups (broad SMARTS) is 1. The van der Waals surface area contributed by atoms with Crippen LogP contribution in [0.1, 0.15) is 12.5 Å². The predicted octanol–water partition coefficient (Wildman–Crippen LogP) is 0.659. The Morgan fingerprint density at radius 1 is 1.18 bits per heavy atom. The molecule has 0 fully saturated rings. The summed E-state index contributed by atoms with van der Waals surface area (Å²) >= 11 is 0. The third-order valence-electron chi connectivity index (χ3n) is 1.78. The van der Waals surface area contributed by atoms with Gasteiger partial charge in [-0.1, -0.05) is 0 Å². The van der Waals surface area contributed by atoms with Crippen molar-refractivity contribution < 1.29 is 24.9 Å². The average Bonchev–Trinajstić information content (AvgIpc) is 2.13. The molecule has 0 aromatic heterocycles. The molecule has 1 amide bonds. The van der Waals surface area contributed by atoms with E-state index in [9.17, 15) is 19.8 Å². The van der Waals surface area contributed by atoms with Crippen molar-refractivity contribution in [1.82, 2.24) is 5.32 Å². The summed E-state index contributed by atoms with van der Waals surface area (Å²) in [5.41, 5.74) is -0.0869. The zero-order chi connectivity index (χ0) is 13.0. The van der Waals surface area contributed by atoms with Gasteiger partial charge in [-0.3, -0.25) is 4.79 Å². The molecule has 0 atom stereocenters. The Morgan fingerprint density at radius 2 is 1.71 bits per heavy atom. The third-order valence-corrected chi connectivity index (χ3v) is 1.78. The van der Waals surface area contributed by atoms with E-state index in [1.54, 1.807) is 0 Å². The van der Waals surface area contributed by atoms with Crippen LogP contribution in [-0.4, -0.2) is 27.2 Å². The number of phenolic OH excluding ortho intramolecular Hbond substituents is 2. The summed E-state index contributed by atoms with van der Waals surface area (Å²) in [5, 5.41) is 29.3. The van der Waals surface area contributed by atoms with E-state index < -0.39 is 11.9 Å². The van der Waals surface area contributed by atoms with Crippen molar-refractivity contribution in [2.24, 2.45) is 0 Å². The lowest BCUT2D eigenvalue weighted by Crippen LogP contribution is -2.24. The molecule has 0 saturated heterocycles. The molecular formula is C11H11NO5. The molecule has 0 saturated carbocycles. The second-order valence-electron chi connectivity index (χ2n) is 3.33. The Labute approximate surface area is 96.8 Å². The van der Waals surface area contributed by atoms with Gasteiger partial charge in [0.05, 0.1) is 0 Å². The highest BCUT2D eigenvalue weighted by Gasteiger charge is 2.09. The molecule has 1 aromatic carbocycles. The minimum absolute atomic E-state index is 0.205. The second-order valence-corrected chi connectivity index (χ2v) is 3.33. The Morgan fingerprint density at radius 3 is 2.12 bits per heavy atom. The number of amides is 1. The number of phenols is 2. The molecule has 6 heteroatoms. The van der Waals surface area contributed by atoms with Crippen LogP contribution >= 0.6 is 0 Å². The maximum absolute atomic E-state index is 10.8. The predicted molar refractivity (Wildman–Crippen MR) is 59.2 cm³/mol. The van der Waals surface area contributed by atoms with Crippen LogP contribution in [0.25, 0.3) is 6.08 Å². The van der Waals surface area contributed by atoms with Crippen molar-refractivity contribution in [2.75, 3.05) is 0 Å². The summed E-state index contributed by atoms with van der Waals surface area (Å²) < 4.78 is 0. The van der Waals surface area contributed by atoms with Crippen LogP contribution in [0.3, 0.4) is 0 Å². The van der Waals surface area contributed by atoms with Gasteiger partial charge in [-0.15, -0.1) is 0 Å². The maximum Gasteiger partial charge on any atom is 0.352 e.